The van der Waals surface area contributed by atoms with Gasteiger partial charge in [-0.05, 0) is 18.4 Å². The SMILES string of the molecule is Nc1ncc(CCc2ccccc2)c(N)n1. The van der Waals surface area contributed by atoms with Gasteiger partial charge in [0, 0.05) is 11.8 Å². The molecule has 0 atom stereocenters. The van der Waals surface area contributed by atoms with Crippen LogP contribution >= 0.6 is 0 Å². The minimum absolute atomic E-state index is 0.223. The summed E-state index contributed by atoms with van der Waals surface area (Å²) in [5, 5.41) is 0. The molecule has 2 rings (SSSR count). The quantitative estimate of drug-likeness (QED) is 0.810. The van der Waals surface area contributed by atoms with Crippen molar-refractivity contribution in [1.82, 2.24) is 9.97 Å². The van der Waals surface area contributed by atoms with Gasteiger partial charge in [-0.25, -0.2) is 4.98 Å². The lowest BCUT2D eigenvalue weighted by Gasteiger charge is -2.04. The first-order valence-corrected chi connectivity index (χ1v) is 5.16. The van der Waals surface area contributed by atoms with E-state index in [9.17, 15) is 0 Å². The van der Waals surface area contributed by atoms with E-state index in [0.717, 1.165) is 18.4 Å². The Kier molecular flexibility index (Phi) is 3.00. The van der Waals surface area contributed by atoms with Crippen molar-refractivity contribution < 1.29 is 0 Å². The van der Waals surface area contributed by atoms with Crippen molar-refractivity contribution in [2.45, 2.75) is 12.8 Å². The van der Waals surface area contributed by atoms with Crippen molar-refractivity contribution in [3.8, 4) is 0 Å². The molecule has 2 aromatic rings. The Morgan fingerprint density at radius 3 is 2.44 bits per heavy atom. The summed E-state index contributed by atoms with van der Waals surface area (Å²) in [6.45, 7) is 0. The van der Waals surface area contributed by atoms with E-state index in [1.165, 1.54) is 5.56 Å². The number of hydrogen-bond acceptors (Lipinski definition) is 4. The lowest BCUT2D eigenvalue weighted by atomic mass is 10.1. The normalized spacial score (nSPS) is 10.2. The number of hydrogen-bond donors (Lipinski definition) is 2. The van der Waals surface area contributed by atoms with Gasteiger partial charge >= 0.3 is 0 Å². The monoisotopic (exact) mass is 214 g/mol. The third-order valence-electron chi connectivity index (χ3n) is 2.44. The second-order valence-electron chi connectivity index (χ2n) is 3.62. The number of aromatic nitrogens is 2. The molecule has 0 fully saturated rings. The minimum atomic E-state index is 0.223. The van der Waals surface area contributed by atoms with Crippen LogP contribution in [0.4, 0.5) is 11.8 Å². The number of nitrogens with two attached hydrogens (primary N) is 2. The molecule has 0 saturated heterocycles. The van der Waals surface area contributed by atoms with Gasteiger partial charge < -0.3 is 11.5 Å². The summed E-state index contributed by atoms with van der Waals surface area (Å²) in [4.78, 5) is 7.87. The van der Waals surface area contributed by atoms with Gasteiger partial charge in [0.05, 0.1) is 0 Å². The van der Waals surface area contributed by atoms with E-state index in [0.29, 0.717) is 5.82 Å². The van der Waals surface area contributed by atoms with E-state index >= 15 is 0 Å². The summed E-state index contributed by atoms with van der Waals surface area (Å²) in [7, 11) is 0. The smallest absolute Gasteiger partial charge is 0.221 e. The molecule has 4 heteroatoms. The summed E-state index contributed by atoms with van der Waals surface area (Å²) in [6.07, 6.45) is 3.45. The number of benzene rings is 1. The Balaban J connectivity index is 2.05. The van der Waals surface area contributed by atoms with Crippen LogP contribution in [0.5, 0.6) is 0 Å². The second-order valence-corrected chi connectivity index (χ2v) is 3.62. The maximum Gasteiger partial charge on any atom is 0.221 e. The Bertz CT molecular complexity index is 468. The summed E-state index contributed by atoms with van der Waals surface area (Å²) in [5.41, 5.74) is 13.4. The van der Waals surface area contributed by atoms with Crippen molar-refractivity contribution >= 4 is 11.8 Å². The van der Waals surface area contributed by atoms with Crippen LogP contribution in [0.3, 0.4) is 0 Å². The van der Waals surface area contributed by atoms with Gasteiger partial charge in [0.25, 0.3) is 0 Å². The van der Waals surface area contributed by atoms with Gasteiger partial charge in [0.2, 0.25) is 5.95 Å². The Morgan fingerprint density at radius 2 is 1.75 bits per heavy atom. The highest BCUT2D eigenvalue weighted by Crippen LogP contribution is 2.12. The van der Waals surface area contributed by atoms with Crippen molar-refractivity contribution in [3.05, 3.63) is 47.7 Å². The molecule has 1 heterocycles. The fourth-order valence-corrected chi connectivity index (χ4v) is 1.55. The van der Waals surface area contributed by atoms with E-state index in [4.69, 9.17) is 11.5 Å². The summed E-state index contributed by atoms with van der Waals surface area (Å²) in [5.74, 6) is 0.699. The highest BCUT2D eigenvalue weighted by molar-refractivity contribution is 5.41. The van der Waals surface area contributed by atoms with Crippen LogP contribution in [-0.4, -0.2) is 9.97 Å². The molecular weight excluding hydrogens is 200 g/mol. The topological polar surface area (TPSA) is 77.8 Å². The Morgan fingerprint density at radius 1 is 1.00 bits per heavy atom. The third kappa shape index (κ3) is 2.48. The summed E-state index contributed by atoms with van der Waals surface area (Å²) >= 11 is 0. The molecule has 0 unspecified atom stereocenters. The zero-order valence-electron chi connectivity index (χ0n) is 8.93. The first-order chi connectivity index (χ1) is 7.75. The fourth-order valence-electron chi connectivity index (χ4n) is 1.55. The van der Waals surface area contributed by atoms with Crippen LogP contribution in [0.25, 0.3) is 0 Å². The maximum absolute atomic E-state index is 5.75. The lowest BCUT2D eigenvalue weighted by molar-refractivity contribution is 0.941. The molecule has 0 bridgehead atoms. The molecular formula is C12H14N4. The summed E-state index contributed by atoms with van der Waals surface area (Å²) in [6, 6.07) is 10.2. The van der Waals surface area contributed by atoms with E-state index in [-0.39, 0.29) is 5.95 Å². The molecule has 16 heavy (non-hydrogen) atoms. The lowest BCUT2D eigenvalue weighted by Crippen LogP contribution is -2.04. The largest absolute Gasteiger partial charge is 0.383 e. The standard InChI is InChI=1S/C12H14N4/c13-11-10(8-15-12(14)16-11)7-6-9-4-2-1-3-5-9/h1-5,8H,6-7H2,(H4,13,14,15,16). The summed E-state index contributed by atoms with van der Waals surface area (Å²) < 4.78 is 0. The minimum Gasteiger partial charge on any atom is -0.383 e. The molecule has 0 aliphatic carbocycles. The van der Waals surface area contributed by atoms with Crippen molar-refractivity contribution in [2.24, 2.45) is 0 Å². The molecule has 4 nitrogen and oxygen atoms in total. The number of nitrogen functional groups attached to an aromatic ring is 2. The molecule has 82 valence electrons. The third-order valence-corrected chi connectivity index (χ3v) is 2.44. The van der Waals surface area contributed by atoms with Crippen LogP contribution in [0.1, 0.15) is 11.1 Å². The number of nitrogens with zero attached hydrogens (tertiary/aromatic N) is 2. The number of anilines is 2. The molecule has 0 aliphatic rings. The van der Waals surface area contributed by atoms with Gasteiger partial charge in [-0.15, -0.1) is 0 Å². The molecule has 0 saturated carbocycles. The van der Waals surface area contributed by atoms with E-state index < -0.39 is 0 Å². The predicted molar refractivity (Wildman–Crippen MR) is 64.7 cm³/mol. The molecule has 4 N–H and O–H groups in total. The molecule has 0 aliphatic heterocycles. The zero-order valence-corrected chi connectivity index (χ0v) is 8.93. The van der Waals surface area contributed by atoms with Crippen LogP contribution in [-0.2, 0) is 12.8 Å². The molecule has 0 amide bonds. The van der Waals surface area contributed by atoms with Gasteiger partial charge in [-0.3, -0.25) is 0 Å². The van der Waals surface area contributed by atoms with Gasteiger partial charge in [-0.1, -0.05) is 30.3 Å². The predicted octanol–water partition coefficient (Wildman–Crippen LogP) is 1.43. The second kappa shape index (κ2) is 4.61. The first kappa shape index (κ1) is 10.4. The van der Waals surface area contributed by atoms with E-state index in [2.05, 4.69) is 22.1 Å². The molecule has 0 radical (unpaired) electrons. The van der Waals surface area contributed by atoms with Crippen molar-refractivity contribution in [1.29, 1.82) is 0 Å². The van der Waals surface area contributed by atoms with Gasteiger partial charge in [-0.2, -0.15) is 4.98 Å². The average Bonchev–Trinajstić information content (AvgIpc) is 2.29. The zero-order chi connectivity index (χ0) is 11.4. The van der Waals surface area contributed by atoms with Crippen LogP contribution in [0.15, 0.2) is 36.5 Å². The molecule has 1 aromatic carbocycles. The van der Waals surface area contributed by atoms with E-state index in [1.807, 2.05) is 18.2 Å². The fraction of sp³-hybridized carbons (Fsp3) is 0.167. The van der Waals surface area contributed by atoms with Crippen LogP contribution in [0.2, 0.25) is 0 Å². The Labute approximate surface area is 94.3 Å². The number of rotatable bonds is 3. The van der Waals surface area contributed by atoms with E-state index in [1.54, 1.807) is 6.20 Å². The van der Waals surface area contributed by atoms with Gasteiger partial charge in [0.1, 0.15) is 5.82 Å². The van der Waals surface area contributed by atoms with Crippen molar-refractivity contribution in [3.63, 3.8) is 0 Å². The highest BCUT2D eigenvalue weighted by Gasteiger charge is 2.02. The number of aryl methyl sites for hydroxylation is 2. The molecule has 0 spiro atoms. The Hall–Kier alpha value is -2.10. The molecule has 1 aromatic heterocycles. The highest BCUT2D eigenvalue weighted by atomic mass is 15.0. The first-order valence-electron chi connectivity index (χ1n) is 5.16. The van der Waals surface area contributed by atoms with Gasteiger partial charge in [0.15, 0.2) is 0 Å². The van der Waals surface area contributed by atoms with Crippen LogP contribution < -0.4 is 11.5 Å². The van der Waals surface area contributed by atoms with Crippen LogP contribution in [0, 0.1) is 0 Å². The van der Waals surface area contributed by atoms with Crippen molar-refractivity contribution in [2.75, 3.05) is 11.5 Å². The maximum atomic E-state index is 5.75. The average molecular weight is 214 g/mol.